The molecule has 1 heterocycles. The van der Waals surface area contributed by atoms with E-state index in [0.717, 1.165) is 24.8 Å². The van der Waals surface area contributed by atoms with Crippen molar-refractivity contribution >= 4 is 23.6 Å². The molecule has 7 heteroatoms. The highest BCUT2D eigenvalue weighted by Crippen LogP contribution is 2.35. The number of likely N-dealkylation sites (tertiary alicyclic amines) is 1. The van der Waals surface area contributed by atoms with Crippen LogP contribution in [0.15, 0.2) is 4.99 Å². The summed E-state index contributed by atoms with van der Waals surface area (Å²) in [6, 6.07) is 0. The lowest BCUT2D eigenvalue weighted by molar-refractivity contribution is -0.127. The van der Waals surface area contributed by atoms with E-state index in [1.807, 2.05) is 11.8 Å². The maximum absolute atomic E-state index is 11.9. The number of likely N-dealkylation sites (N-methyl/N-ethyl adjacent to an activating group) is 1. The van der Waals surface area contributed by atoms with Crippen LogP contribution in [0.5, 0.6) is 0 Å². The van der Waals surface area contributed by atoms with Gasteiger partial charge in [0.1, 0.15) is 6.54 Å². The number of thioether (sulfide) groups is 1. The number of guanidine groups is 1. The van der Waals surface area contributed by atoms with Gasteiger partial charge < -0.3 is 15.5 Å². The molecule has 0 spiro atoms. The van der Waals surface area contributed by atoms with Gasteiger partial charge in [0.15, 0.2) is 5.96 Å². The van der Waals surface area contributed by atoms with Gasteiger partial charge in [0.25, 0.3) is 0 Å². The molecule has 1 amide bonds. The lowest BCUT2D eigenvalue weighted by Gasteiger charge is -2.48. The van der Waals surface area contributed by atoms with Crippen molar-refractivity contribution in [3.63, 3.8) is 0 Å². The van der Waals surface area contributed by atoms with Gasteiger partial charge in [0.05, 0.1) is 0 Å². The molecular formula is C20H39N5OS. The highest BCUT2D eigenvalue weighted by molar-refractivity contribution is 7.98. The second kappa shape index (κ2) is 11.8. The molecule has 1 aliphatic heterocycles. The zero-order valence-electron chi connectivity index (χ0n) is 17.6. The average molecular weight is 398 g/mol. The minimum Gasteiger partial charge on any atom is -0.356 e. The third kappa shape index (κ3) is 7.18. The van der Waals surface area contributed by atoms with Crippen molar-refractivity contribution in [1.29, 1.82) is 0 Å². The Morgan fingerprint density at radius 2 is 1.74 bits per heavy atom. The molecule has 2 rings (SSSR count). The molecule has 1 saturated heterocycles. The fourth-order valence-electron chi connectivity index (χ4n) is 4.17. The Kier molecular flexibility index (Phi) is 9.76. The van der Waals surface area contributed by atoms with Gasteiger partial charge in [-0.05, 0) is 45.0 Å². The molecule has 1 saturated carbocycles. The van der Waals surface area contributed by atoms with Gasteiger partial charge in [-0.2, -0.15) is 11.8 Å². The number of hydrogen-bond donors (Lipinski definition) is 2. The number of piperidine rings is 1. The van der Waals surface area contributed by atoms with Crippen LogP contribution in [0.25, 0.3) is 0 Å². The Hall–Kier alpha value is -0.950. The first-order chi connectivity index (χ1) is 13.1. The van der Waals surface area contributed by atoms with Crippen LogP contribution in [0.3, 0.4) is 0 Å². The molecular weight excluding hydrogens is 358 g/mol. The molecule has 2 N–H and O–H groups in total. The van der Waals surface area contributed by atoms with E-state index in [2.05, 4.69) is 26.8 Å². The van der Waals surface area contributed by atoms with Crippen LogP contribution in [0, 0.1) is 0 Å². The number of hydrogen-bond acceptors (Lipinski definition) is 4. The number of amides is 1. The summed E-state index contributed by atoms with van der Waals surface area (Å²) >= 11 is 1.81. The van der Waals surface area contributed by atoms with Gasteiger partial charge in [-0.15, -0.1) is 0 Å². The largest absolute Gasteiger partial charge is 0.356 e. The second-order valence-electron chi connectivity index (χ2n) is 8.06. The minimum atomic E-state index is 0.0318. The van der Waals surface area contributed by atoms with Gasteiger partial charge >= 0.3 is 0 Å². The van der Waals surface area contributed by atoms with Crippen molar-refractivity contribution < 1.29 is 4.79 Å². The van der Waals surface area contributed by atoms with Crippen molar-refractivity contribution in [3.8, 4) is 0 Å². The first-order valence-corrected chi connectivity index (χ1v) is 11.9. The Bertz CT molecular complexity index is 471. The molecule has 2 aliphatic rings. The molecule has 0 atom stereocenters. The molecule has 0 aromatic carbocycles. The molecule has 0 aromatic rings. The van der Waals surface area contributed by atoms with Crippen molar-refractivity contribution in [3.05, 3.63) is 0 Å². The lowest BCUT2D eigenvalue weighted by Crippen LogP contribution is -2.59. The van der Waals surface area contributed by atoms with E-state index in [4.69, 9.17) is 0 Å². The fraction of sp³-hybridized carbons (Fsp3) is 0.900. The summed E-state index contributed by atoms with van der Waals surface area (Å²) in [6.07, 6.45) is 12.7. The van der Waals surface area contributed by atoms with E-state index >= 15 is 0 Å². The van der Waals surface area contributed by atoms with Gasteiger partial charge in [-0.25, -0.2) is 4.99 Å². The third-order valence-corrected chi connectivity index (χ3v) is 6.48. The summed E-state index contributed by atoms with van der Waals surface area (Å²) in [5.74, 6) is 1.84. The maximum atomic E-state index is 11.9. The van der Waals surface area contributed by atoms with Crippen molar-refractivity contribution in [2.24, 2.45) is 4.99 Å². The molecule has 0 aromatic heterocycles. The van der Waals surface area contributed by atoms with Crippen LogP contribution in [0.1, 0.15) is 51.4 Å². The summed E-state index contributed by atoms with van der Waals surface area (Å²) in [7, 11) is 3.55. The quantitative estimate of drug-likeness (QED) is 0.373. The number of aliphatic imine (C=N–C) groups is 1. The molecule has 0 bridgehead atoms. The van der Waals surface area contributed by atoms with E-state index in [-0.39, 0.29) is 18.0 Å². The van der Waals surface area contributed by atoms with E-state index in [1.54, 1.807) is 19.0 Å². The summed E-state index contributed by atoms with van der Waals surface area (Å²) in [6.45, 7) is 4.44. The Morgan fingerprint density at radius 3 is 2.37 bits per heavy atom. The molecule has 156 valence electrons. The third-order valence-electron chi connectivity index (χ3n) is 5.87. The van der Waals surface area contributed by atoms with Crippen LogP contribution < -0.4 is 10.6 Å². The second-order valence-corrected chi connectivity index (χ2v) is 9.04. The topological polar surface area (TPSA) is 60.0 Å². The summed E-state index contributed by atoms with van der Waals surface area (Å²) in [5, 5.41) is 7.00. The van der Waals surface area contributed by atoms with Crippen molar-refractivity contribution in [2.45, 2.75) is 56.9 Å². The van der Waals surface area contributed by atoms with E-state index in [1.165, 1.54) is 64.5 Å². The van der Waals surface area contributed by atoms with Crippen molar-refractivity contribution in [2.75, 3.05) is 58.8 Å². The molecule has 1 aliphatic carbocycles. The van der Waals surface area contributed by atoms with Gasteiger partial charge in [-0.1, -0.05) is 25.7 Å². The number of carbonyl (C=O) groups excluding carboxylic acids is 1. The predicted molar refractivity (Wildman–Crippen MR) is 117 cm³/mol. The number of nitrogens with zero attached hydrogens (tertiary/aromatic N) is 3. The number of nitrogens with one attached hydrogen (secondary N) is 2. The first kappa shape index (κ1) is 22.3. The normalized spacial score (nSPS) is 20.9. The highest BCUT2D eigenvalue weighted by Gasteiger charge is 2.38. The minimum absolute atomic E-state index is 0.0318. The number of carbonyl (C=O) groups is 1. The standard InChI is InChI=1S/C20H39N5OS/c1-24(2)18(26)16-22-19(21-12-15-27-3)23-17-20(10-6-4-7-11-20)25-13-8-5-9-14-25/h4-17H2,1-3H3,(H2,21,22,23). The smallest absolute Gasteiger partial charge is 0.243 e. The van der Waals surface area contributed by atoms with Crippen LogP contribution in [0.2, 0.25) is 0 Å². The van der Waals surface area contributed by atoms with Crippen LogP contribution in [0.4, 0.5) is 0 Å². The summed E-state index contributed by atoms with van der Waals surface area (Å²) < 4.78 is 0. The average Bonchev–Trinajstić information content (AvgIpc) is 2.70. The first-order valence-electron chi connectivity index (χ1n) is 10.5. The fourth-order valence-corrected chi connectivity index (χ4v) is 4.47. The summed E-state index contributed by atoms with van der Waals surface area (Å²) in [4.78, 5) is 20.8. The zero-order valence-corrected chi connectivity index (χ0v) is 18.4. The van der Waals surface area contributed by atoms with E-state index in [9.17, 15) is 4.79 Å². The SMILES string of the molecule is CSCCNC(=NCC(=O)N(C)C)NCC1(N2CCCCC2)CCCCC1. The van der Waals surface area contributed by atoms with Crippen LogP contribution in [-0.2, 0) is 4.79 Å². The molecule has 0 unspecified atom stereocenters. The van der Waals surface area contributed by atoms with E-state index in [0.29, 0.717) is 0 Å². The molecule has 2 fully saturated rings. The maximum Gasteiger partial charge on any atom is 0.243 e. The van der Waals surface area contributed by atoms with Gasteiger partial charge in [-0.3, -0.25) is 9.69 Å². The Labute approximate surface area is 169 Å². The van der Waals surface area contributed by atoms with Crippen molar-refractivity contribution in [1.82, 2.24) is 20.4 Å². The Balaban J connectivity index is 2.01. The van der Waals surface area contributed by atoms with E-state index < -0.39 is 0 Å². The molecule has 6 nitrogen and oxygen atoms in total. The summed E-state index contributed by atoms with van der Waals surface area (Å²) in [5.41, 5.74) is 0.256. The van der Waals surface area contributed by atoms with Gasteiger partial charge in [0.2, 0.25) is 5.91 Å². The molecule has 0 radical (unpaired) electrons. The zero-order chi connectivity index (χ0) is 19.5. The van der Waals surface area contributed by atoms with Crippen LogP contribution in [-0.4, -0.2) is 86.0 Å². The molecule has 27 heavy (non-hydrogen) atoms. The highest BCUT2D eigenvalue weighted by atomic mass is 32.2. The van der Waals surface area contributed by atoms with Gasteiger partial charge in [0, 0.05) is 38.5 Å². The Morgan fingerprint density at radius 1 is 1.07 bits per heavy atom. The lowest BCUT2D eigenvalue weighted by atomic mass is 9.79. The predicted octanol–water partition coefficient (Wildman–Crippen LogP) is 2.16. The number of rotatable bonds is 8. The van der Waals surface area contributed by atoms with Crippen LogP contribution >= 0.6 is 11.8 Å². The monoisotopic (exact) mass is 397 g/mol.